The number of amides is 3. The molecule has 1 unspecified atom stereocenters. The number of benzene rings is 1. The average molecular weight is 539 g/mol. The molecule has 2 saturated heterocycles. The third-order valence-electron chi connectivity index (χ3n) is 7.61. The molecular weight excluding hydrogens is 496 g/mol. The van der Waals surface area contributed by atoms with Crippen molar-refractivity contribution in [2.75, 3.05) is 51.1 Å². The number of nitrogens with zero attached hydrogens (tertiary/aromatic N) is 5. The first-order valence-corrected chi connectivity index (χ1v) is 13.8. The smallest absolute Gasteiger partial charge is 0.338 e. The summed E-state index contributed by atoms with van der Waals surface area (Å²) in [6, 6.07) is 7.59. The van der Waals surface area contributed by atoms with E-state index in [1.54, 1.807) is 35.9 Å². The summed E-state index contributed by atoms with van der Waals surface area (Å²) in [7, 11) is 0. The van der Waals surface area contributed by atoms with E-state index in [1.807, 2.05) is 12.1 Å². The van der Waals surface area contributed by atoms with Crippen LogP contribution in [0.3, 0.4) is 0 Å². The van der Waals surface area contributed by atoms with Crippen molar-refractivity contribution in [3.63, 3.8) is 0 Å². The van der Waals surface area contributed by atoms with Crippen LogP contribution in [0.5, 0.6) is 0 Å². The van der Waals surface area contributed by atoms with Crippen molar-refractivity contribution in [3.8, 4) is 5.69 Å². The van der Waals surface area contributed by atoms with E-state index in [9.17, 15) is 14.4 Å². The molecule has 4 rings (SSSR count). The number of aryl methyl sites for hydroxylation is 1. The third-order valence-corrected chi connectivity index (χ3v) is 7.61. The third kappa shape index (κ3) is 7.43. The molecule has 3 amide bonds. The van der Waals surface area contributed by atoms with Crippen LogP contribution in [0.15, 0.2) is 35.3 Å². The molecule has 0 aliphatic carbocycles. The first kappa shape index (κ1) is 28.7. The van der Waals surface area contributed by atoms with Gasteiger partial charge in [-0.1, -0.05) is 6.07 Å². The van der Waals surface area contributed by atoms with Gasteiger partial charge in [-0.15, -0.1) is 0 Å². The minimum Gasteiger partial charge on any atom is -0.338 e. The van der Waals surface area contributed by atoms with Gasteiger partial charge in [0.2, 0.25) is 5.91 Å². The van der Waals surface area contributed by atoms with Crippen LogP contribution in [0, 0.1) is 6.92 Å². The van der Waals surface area contributed by atoms with Gasteiger partial charge in [0.1, 0.15) is 5.82 Å². The first-order chi connectivity index (χ1) is 18.5. The lowest BCUT2D eigenvalue weighted by molar-refractivity contribution is -0.137. The minimum atomic E-state index is -0.946. The second-order valence-electron chi connectivity index (χ2n) is 11.3. The Kier molecular flexibility index (Phi) is 9.04. The molecule has 2 aliphatic rings. The summed E-state index contributed by atoms with van der Waals surface area (Å²) < 4.78 is 1.47. The number of hydrogen-bond acceptors (Lipinski definition) is 7. The molecule has 3 heterocycles. The number of likely N-dealkylation sites (tertiary alicyclic amines) is 1. The molecule has 11 heteroatoms. The molecule has 0 radical (unpaired) electrons. The lowest BCUT2D eigenvalue weighted by atomic mass is 10.0. The Hall–Kier alpha value is -3.28. The van der Waals surface area contributed by atoms with E-state index in [-0.39, 0.29) is 17.8 Å². The number of carbonyl (C=O) groups excluding carboxylic acids is 2. The molecule has 2 aromatic rings. The largest absolute Gasteiger partial charge is 0.354 e. The summed E-state index contributed by atoms with van der Waals surface area (Å²) in [4.78, 5) is 47.7. The topological polar surface area (TPSA) is 143 Å². The van der Waals surface area contributed by atoms with Crippen molar-refractivity contribution >= 4 is 17.8 Å². The number of rotatable bonds is 6. The fourth-order valence-corrected chi connectivity index (χ4v) is 5.17. The van der Waals surface area contributed by atoms with Crippen LogP contribution in [0.2, 0.25) is 0 Å². The number of anilines is 1. The molecule has 1 aromatic heterocycles. The number of aromatic nitrogens is 2. The van der Waals surface area contributed by atoms with Crippen molar-refractivity contribution in [1.82, 2.24) is 24.3 Å². The highest BCUT2D eigenvalue weighted by Gasteiger charge is 2.31. The first-order valence-electron chi connectivity index (χ1n) is 13.8. The predicted octanol–water partition coefficient (Wildman–Crippen LogP) is 1.31. The molecular formula is C28H42N8O3. The van der Waals surface area contributed by atoms with E-state index >= 15 is 0 Å². The monoisotopic (exact) mass is 538 g/mol. The Labute approximate surface area is 230 Å². The normalized spacial score (nSPS) is 19.1. The zero-order chi connectivity index (χ0) is 28.2. The van der Waals surface area contributed by atoms with Crippen LogP contribution in [-0.2, 0) is 11.2 Å². The lowest BCUT2D eigenvalue weighted by Crippen LogP contribution is -2.58. The molecule has 0 bridgehead atoms. The SMILES string of the molecule is Cc1cc(-n2ccc(NC(=O)N3CCN(C(=O)C(C)(C)N)CC3)nc2=O)ccc1CCN1CCCC(N)CC1. The Morgan fingerprint density at radius 3 is 2.44 bits per heavy atom. The maximum atomic E-state index is 12.8. The lowest BCUT2D eigenvalue weighted by Gasteiger charge is -2.37. The molecule has 2 aliphatic heterocycles. The Morgan fingerprint density at radius 2 is 1.77 bits per heavy atom. The molecule has 0 spiro atoms. The van der Waals surface area contributed by atoms with Gasteiger partial charge in [0.05, 0.1) is 11.2 Å². The summed E-state index contributed by atoms with van der Waals surface area (Å²) in [5, 5.41) is 2.70. The Morgan fingerprint density at radius 1 is 1.05 bits per heavy atom. The van der Waals surface area contributed by atoms with Gasteiger partial charge in [0, 0.05) is 45.0 Å². The van der Waals surface area contributed by atoms with Crippen molar-refractivity contribution in [3.05, 3.63) is 52.1 Å². The molecule has 1 atom stereocenters. The second-order valence-corrected chi connectivity index (χ2v) is 11.3. The molecule has 2 fully saturated rings. The van der Waals surface area contributed by atoms with Crippen LogP contribution in [-0.4, -0.2) is 93.6 Å². The van der Waals surface area contributed by atoms with Crippen molar-refractivity contribution in [2.45, 2.75) is 58.0 Å². The van der Waals surface area contributed by atoms with Gasteiger partial charge in [-0.2, -0.15) is 4.98 Å². The molecule has 11 nitrogen and oxygen atoms in total. The highest BCUT2D eigenvalue weighted by molar-refractivity contribution is 5.89. The van der Waals surface area contributed by atoms with Gasteiger partial charge in [-0.3, -0.25) is 14.7 Å². The molecule has 212 valence electrons. The van der Waals surface area contributed by atoms with Gasteiger partial charge in [0.15, 0.2) is 0 Å². The highest BCUT2D eigenvalue weighted by Crippen LogP contribution is 2.17. The van der Waals surface area contributed by atoms with Gasteiger partial charge in [0.25, 0.3) is 0 Å². The maximum Gasteiger partial charge on any atom is 0.354 e. The zero-order valence-electron chi connectivity index (χ0n) is 23.4. The van der Waals surface area contributed by atoms with Crippen molar-refractivity contribution in [2.24, 2.45) is 11.5 Å². The number of piperazine rings is 1. The number of hydrogen-bond donors (Lipinski definition) is 3. The summed E-state index contributed by atoms with van der Waals surface area (Å²) >= 11 is 0. The second kappa shape index (κ2) is 12.3. The van der Waals surface area contributed by atoms with Gasteiger partial charge in [-0.05, 0) is 88.9 Å². The molecule has 1 aromatic carbocycles. The van der Waals surface area contributed by atoms with Crippen LogP contribution in [0.4, 0.5) is 10.6 Å². The van der Waals surface area contributed by atoms with Gasteiger partial charge in [-0.25, -0.2) is 9.59 Å². The number of nitrogens with one attached hydrogen (secondary N) is 1. The standard InChI is InChI=1S/C28H42N8O3/c1-20-19-23(7-6-21(20)8-12-33-11-4-5-22(29)9-13-33)36-14-10-24(32-27(36)39)31-26(38)35-17-15-34(16-18-35)25(37)28(2,3)30/h6-7,10,14,19,22H,4-5,8-9,11-13,15-18,29-30H2,1-3H3,(H,31,32,38,39). The Bertz CT molecular complexity index is 1230. The fourth-order valence-electron chi connectivity index (χ4n) is 5.17. The van der Waals surface area contributed by atoms with E-state index in [0.717, 1.165) is 56.6 Å². The summed E-state index contributed by atoms with van der Waals surface area (Å²) in [5.74, 6) is 0.0482. The van der Waals surface area contributed by atoms with E-state index in [2.05, 4.69) is 28.2 Å². The van der Waals surface area contributed by atoms with E-state index < -0.39 is 11.2 Å². The van der Waals surface area contributed by atoms with E-state index in [0.29, 0.717) is 32.2 Å². The van der Waals surface area contributed by atoms with Crippen LogP contribution in [0.1, 0.15) is 44.2 Å². The summed E-state index contributed by atoms with van der Waals surface area (Å²) in [6.07, 6.45) is 5.87. The zero-order valence-corrected chi connectivity index (χ0v) is 23.4. The molecule has 5 N–H and O–H groups in total. The fraction of sp³-hybridized carbons (Fsp3) is 0.571. The minimum absolute atomic E-state index is 0.140. The van der Waals surface area contributed by atoms with E-state index in [4.69, 9.17) is 11.5 Å². The maximum absolute atomic E-state index is 12.8. The van der Waals surface area contributed by atoms with Crippen LogP contribution >= 0.6 is 0 Å². The van der Waals surface area contributed by atoms with Gasteiger partial charge >= 0.3 is 11.7 Å². The van der Waals surface area contributed by atoms with Crippen molar-refractivity contribution < 1.29 is 9.59 Å². The van der Waals surface area contributed by atoms with Crippen LogP contribution < -0.4 is 22.5 Å². The average Bonchev–Trinajstić information content (AvgIpc) is 3.11. The number of carbonyl (C=O) groups is 2. The van der Waals surface area contributed by atoms with E-state index in [1.165, 1.54) is 10.1 Å². The molecule has 39 heavy (non-hydrogen) atoms. The predicted molar refractivity (Wildman–Crippen MR) is 152 cm³/mol. The molecule has 0 saturated carbocycles. The quantitative estimate of drug-likeness (QED) is 0.503. The van der Waals surface area contributed by atoms with Gasteiger partial charge < -0.3 is 26.2 Å². The van der Waals surface area contributed by atoms with Crippen molar-refractivity contribution in [1.29, 1.82) is 0 Å². The highest BCUT2D eigenvalue weighted by atomic mass is 16.2. The summed E-state index contributed by atoms with van der Waals surface area (Å²) in [6.45, 7) is 10.1. The number of urea groups is 1. The Balaban J connectivity index is 1.33. The summed E-state index contributed by atoms with van der Waals surface area (Å²) in [5.41, 5.74) is 13.7. The van der Waals surface area contributed by atoms with Crippen LogP contribution in [0.25, 0.3) is 5.69 Å². The number of nitrogens with two attached hydrogens (primary N) is 2.